The molecule has 2 rings (SSSR count). The first-order valence-electron chi connectivity index (χ1n) is 6.73. The molecule has 1 aliphatic heterocycles. The average Bonchev–Trinajstić information content (AvgIpc) is 2.54. The van der Waals surface area contributed by atoms with E-state index in [0.29, 0.717) is 6.54 Å². The Balaban J connectivity index is 1.86. The van der Waals surface area contributed by atoms with Gasteiger partial charge in [0.15, 0.2) is 0 Å². The predicted molar refractivity (Wildman–Crippen MR) is 73.6 cm³/mol. The van der Waals surface area contributed by atoms with Crippen LogP contribution in [-0.2, 0) is 0 Å². The first-order valence-corrected chi connectivity index (χ1v) is 6.73. The summed E-state index contributed by atoms with van der Waals surface area (Å²) < 4.78 is 0. The van der Waals surface area contributed by atoms with Crippen LogP contribution in [0.4, 0.5) is 0 Å². The number of benzene rings is 1. The number of nitrogens with zero attached hydrogens (tertiary/aromatic N) is 1. The van der Waals surface area contributed by atoms with Crippen LogP contribution in [0.5, 0.6) is 0 Å². The van der Waals surface area contributed by atoms with Crippen LogP contribution in [-0.4, -0.2) is 55.8 Å². The lowest BCUT2D eigenvalue weighted by molar-refractivity contribution is 0.115. The second-order valence-electron chi connectivity index (χ2n) is 4.73. The van der Waals surface area contributed by atoms with Crippen LogP contribution < -0.4 is 10.6 Å². The van der Waals surface area contributed by atoms with E-state index < -0.39 is 6.10 Å². The first-order chi connectivity index (χ1) is 8.86. The fourth-order valence-corrected chi connectivity index (χ4v) is 2.22. The molecule has 0 amide bonds. The quantitative estimate of drug-likeness (QED) is 0.717. The fourth-order valence-electron chi connectivity index (χ4n) is 2.22. The molecule has 0 aromatic heterocycles. The van der Waals surface area contributed by atoms with Crippen LogP contribution in [0, 0.1) is 0 Å². The SMILES string of the molecule is OC(CN1CCNCCNCC1)c1ccccc1. The molecular weight excluding hydrogens is 226 g/mol. The standard InChI is InChI=1S/C14H23N3O/c18-14(13-4-2-1-3-5-13)12-17-10-8-15-6-7-16-9-11-17/h1-5,14-16,18H,6-12H2. The lowest BCUT2D eigenvalue weighted by Crippen LogP contribution is -2.36. The Bertz CT molecular complexity index is 321. The van der Waals surface area contributed by atoms with Gasteiger partial charge in [-0.05, 0) is 5.56 Å². The van der Waals surface area contributed by atoms with E-state index in [1.165, 1.54) is 0 Å². The third kappa shape index (κ3) is 4.38. The lowest BCUT2D eigenvalue weighted by Gasteiger charge is -2.24. The highest BCUT2D eigenvalue weighted by Crippen LogP contribution is 2.13. The minimum Gasteiger partial charge on any atom is -0.387 e. The summed E-state index contributed by atoms with van der Waals surface area (Å²) in [4.78, 5) is 2.31. The van der Waals surface area contributed by atoms with Gasteiger partial charge in [-0.2, -0.15) is 0 Å². The van der Waals surface area contributed by atoms with Crippen molar-refractivity contribution in [1.82, 2.24) is 15.5 Å². The van der Waals surface area contributed by atoms with Crippen LogP contribution in [0.15, 0.2) is 30.3 Å². The van der Waals surface area contributed by atoms with Crippen molar-refractivity contribution < 1.29 is 5.11 Å². The van der Waals surface area contributed by atoms with Gasteiger partial charge in [-0.15, -0.1) is 0 Å². The molecule has 0 spiro atoms. The molecule has 1 atom stereocenters. The lowest BCUT2D eigenvalue weighted by atomic mass is 10.1. The smallest absolute Gasteiger partial charge is 0.0916 e. The Morgan fingerprint density at radius 2 is 1.61 bits per heavy atom. The summed E-state index contributed by atoms with van der Waals surface area (Å²) in [6.45, 7) is 6.71. The number of aliphatic hydroxyl groups is 1. The fraction of sp³-hybridized carbons (Fsp3) is 0.571. The number of hydrogen-bond donors (Lipinski definition) is 3. The van der Waals surface area contributed by atoms with Crippen molar-refractivity contribution in [3.05, 3.63) is 35.9 Å². The number of rotatable bonds is 3. The van der Waals surface area contributed by atoms with E-state index in [0.717, 1.165) is 44.8 Å². The van der Waals surface area contributed by atoms with E-state index in [1.54, 1.807) is 0 Å². The van der Waals surface area contributed by atoms with E-state index in [1.807, 2.05) is 30.3 Å². The molecule has 1 aromatic rings. The monoisotopic (exact) mass is 249 g/mol. The maximum atomic E-state index is 10.2. The predicted octanol–water partition coefficient (Wildman–Crippen LogP) is 0.215. The molecule has 1 aliphatic rings. The van der Waals surface area contributed by atoms with Crippen molar-refractivity contribution in [2.24, 2.45) is 0 Å². The zero-order valence-corrected chi connectivity index (χ0v) is 10.8. The van der Waals surface area contributed by atoms with Crippen molar-refractivity contribution in [3.8, 4) is 0 Å². The van der Waals surface area contributed by atoms with Gasteiger partial charge < -0.3 is 15.7 Å². The van der Waals surface area contributed by atoms with Crippen molar-refractivity contribution >= 4 is 0 Å². The van der Waals surface area contributed by atoms with Crippen LogP contribution in [0.25, 0.3) is 0 Å². The molecule has 0 radical (unpaired) electrons. The maximum absolute atomic E-state index is 10.2. The highest BCUT2D eigenvalue weighted by Gasteiger charge is 2.13. The number of nitrogens with one attached hydrogen (secondary N) is 2. The van der Waals surface area contributed by atoms with Crippen molar-refractivity contribution in [1.29, 1.82) is 0 Å². The molecule has 100 valence electrons. The second kappa shape index (κ2) is 7.48. The summed E-state index contributed by atoms with van der Waals surface area (Å²) in [5, 5.41) is 17.0. The summed E-state index contributed by atoms with van der Waals surface area (Å²) in [5.74, 6) is 0. The molecule has 1 aromatic carbocycles. The van der Waals surface area contributed by atoms with Crippen LogP contribution in [0.2, 0.25) is 0 Å². The van der Waals surface area contributed by atoms with Gasteiger partial charge in [0, 0.05) is 45.8 Å². The Morgan fingerprint density at radius 1 is 1.00 bits per heavy atom. The van der Waals surface area contributed by atoms with Gasteiger partial charge in [0.25, 0.3) is 0 Å². The Labute approximate surface area is 109 Å². The molecule has 1 heterocycles. The summed E-state index contributed by atoms with van der Waals surface area (Å²) in [6, 6.07) is 9.89. The molecule has 4 heteroatoms. The minimum absolute atomic E-state index is 0.396. The summed E-state index contributed by atoms with van der Waals surface area (Å²) in [7, 11) is 0. The maximum Gasteiger partial charge on any atom is 0.0916 e. The Hall–Kier alpha value is -0.940. The average molecular weight is 249 g/mol. The normalized spacial score (nSPS) is 20.7. The van der Waals surface area contributed by atoms with E-state index in [9.17, 15) is 5.11 Å². The van der Waals surface area contributed by atoms with E-state index in [4.69, 9.17) is 0 Å². The molecule has 18 heavy (non-hydrogen) atoms. The summed E-state index contributed by atoms with van der Waals surface area (Å²) >= 11 is 0. The first kappa shape index (κ1) is 13.5. The largest absolute Gasteiger partial charge is 0.387 e. The summed E-state index contributed by atoms with van der Waals surface area (Å²) in [5.41, 5.74) is 0.998. The van der Waals surface area contributed by atoms with Crippen molar-refractivity contribution in [2.45, 2.75) is 6.10 Å². The molecule has 0 aliphatic carbocycles. The molecule has 1 saturated heterocycles. The van der Waals surface area contributed by atoms with Crippen LogP contribution in [0.3, 0.4) is 0 Å². The molecule has 3 N–H and O–H groups in total. The Morgan fingerprint density at radius 3 is 2.22 bits per heavy atom. The molecule has 4 nitrogen and oxygen atoms in total. The van der Waals surface area contributed by atoms with Gasteiger partial charge in [0.1, 0.15) is 0 Å². The van der Waals surface area contributed by atoms with Crippen LogP contribution in [0.1, 0.15) is 11.7 Å². The zero-order valence-electron chi connectivity index (χ0n) is 10.8. The molecular formula is C14H23N3O. The topological polar surface area (TPSA) is 47.5 Å². The van der Waals surface area contributed by atoms with Gasteiger partial charge in [0.05, 0.1) is 6.10 Å². The molecule has 0 bridgehead atoms. The highest BCUT2D eigenvalue weighted by molar-refractivity contribution is 5.17. The van der Waals surface area contributed by atoms with E-state index >= 15 is 0 Å². The van der Waals surface area contributed by atoms with Gasteiger partial charge in [-0.1, -0.05) is 30.3 Å². The number of hydrogen-bond acceptors (Lipinski definition) is 4. The summed E-state index contributed by atoms with van der Waals surface area (Å²) in [6.07, 6.45) is -0.396. The molecule has 0 saturated carbocycles. The van der Waals surface area contributed by atoms with Gasteiger partial charge in [-0.3, -0.25) is 4.90 Å². The third-order valence-electron chi connectivity index (χ3n) is 3.30. The van der Waals surface area contributed by atoms with Crippen molar-refractivity contribution in [3.63, 3.8) is 0 Å². The van der Waals surface area contributed by atoms with E-state index in [2.05, 4.69) is 15.5 Å². The molecule has 1 unspecified atom stereocenters. The number of β-amino-alcohol motifs (C(OH)–C–C–N with tert-alkyl or cyclic N) is 1. The van der Waals surface area contributed by atoms with E-state index in [-0.39, 0.29) is 0 Å². The minimum atomic E-state index is -0.396. The Kier molecular flexibility index (Phi) is 5.61. The number of aliphatic hydroxyl groups excluding tert-OH is 1. The van der Waals surface area contributed by atoms with Gasteiger partial charge >= 0.3 is 0 Å². The van der Waals surface area contributed by atoms with Gasteiger partial charge in [-0.25, -0.2) is 0 Å². The third-order valence-corrected chi connectivity index (χ3v) is 3.30. The molecule has 1 fully saturated rings. The second-order valence-corrected chi connectivity index (χ2v) is 4.73. The zero-order chi connectivity index (χ0) is 12.6. The highest BCUT2D eigenvalue weighted by atomic mass is 16.3. The van der Waals surface area contributed by atoms with Crippen molar-refractivity contribution in [2.75, 3.05) is 45.8 Å². The van der Waals surface area contributed by atoms with Crippen LogP contribution >= 0.6 is 0 Å². The van der Waals surface area contributed by atoms with Gasteiger partial charge in [0.2, 0.25) is 0 Å².